The van der Waals surface area contributed by atoms with Gasteiger partial charge in [0, 0.05) is 18.0 Å². The summed E-state index contributed by atoms with van der Waals surface area (Å²) in [5.41, 5.74) is 2.59. The van der Waals surface area contributed by atoms with Gasteiger partial charge < -0.3 is 10.1 Å². The molecule has 1 aromatic heterocycles. The smallest absolute Gasteiger partial charge is 0.274 e. The molecule has 1 fully saturated rings. The molecule has 1 aliphatic rings. The van der Waals surface area contributed by atoms with Crippen LogP contribution in [0.2, 0.25) is 0 Å². The van der Waals surface area contributed by atoms with Crippen LogP contribution in [0.1, 0.15) is 34.1 Å². The fourth-order valence-corrected chi connectivity index (χ4v) is 3.22. The molecule has 27 heavy (non-hydrogen) atoms. The third-order valence-electron chi connectivity index (χ3n) is 4.79. The summed E-state index contributed by atoms with van der Waals surface area (Å²) in [7, 11) is 1.59. The maximum atomic E-state index is 13.4. The Morgan fingerprint density at radius 1 is 1.26 bits per heavy atom. The predicted molar refractivity (Wildman–Crippen MR) is 97.7 cm³/mol. The van der Waals surface area contributed by atoms with Gasteiger partial charge in [-0.2, -0.15) is 0 Å². The van der Waals surface area contributed by atoms with Crippen molar-refractivity contribution in [3.63, 3.8) is 0 Å². The summed E-state index contributed by atoms with van der Waals surface area (Å²) in [6, 6.07) is 13.9. The molecule has 1 aliphatic carbocycles. The van der Waals surface area contributed by atoms with Crippen molar-refractivity contribution in [1.82, 2.24) is 20.3 Å². The molecular formula is C20H19FN4O2. The van der Waals surface area contributed by atoms with E-state index in [0.717, 1.165) is 17.7 Å². The lowest BCUT2D eigenvalue weighted by Gasteiger charge is -2.06. The number of amides is 1. The molecule has 2 unspecified atom stereocenters. The highest BCUT2D eigenvalue weighted by atomic mass is 19.1. The number of carbonyl (C=O) groups excluding carboxylic acids is 1. The summed E-state index contributed by atoms with van der Waals surface area (Å²) in [4.78, 5) is 12.6. The van der Waals surface area contributed by atoms with Gasteiger partial charge in [0.15, 0.2) is 5.69 Å². The first-order chi connectivity index (χ1) is 13.1. The van der Waals surface area contributed by atoms with Gasteiger partial charge in [-0.3, -0.25) is 4.79 Å². The molecule has 138 valence electrons. The Kier molecular flexibility index (Phi) is 4.35. The van der Waals surface area contributed by atoms with Crippen LogP contribution in [0, 0.1) is 12.7 Å². The fourth-order valence-electron chi connectivity index (χ4n) is 3.22. The number of benzene rings is 2. The number of carbonyl (C=O) groups is 1. The van der Waals surface area contributed by atoms with Crippen molar-refractivity contribution in [2.45, 2.75) is 25.3 Å². The number of methoxy groups -OCH3 is 1. The van der Waals surface area contributed by atoms with Crippen LogP contribution in [0.4, 0.5) is 4.39 Å². The van der Waals surface area contributed by atoms with Gasteiger partial charge >= 0.3 is 0 Å². The molecule has 1 amide bonds. The van der Waals surface area contributed by atoms with Crippen LogP contribution in [0.5, 0.6) is 5.75 Å². The molecule has 1 N–H and O–H groups in total. The summed E-state index contributed by atoms with van der Waals surface area (Å²) in [6.45, 7) is 1.80. The van der Waals surface area contributed by atoms with E-state index >= 15 is 0 Å². The van der Waals surface area contributed by atoms with Gasteiger partial charge in [-0.05, 0) is 43.2 Å². The van der Waals surface area contributed by atoms with Crippen LogP contribution < -0.4 is 10.1 Å². The van der Waals surface area contributed by atoms with Gasteiger partial charge in [0.25, 0.3) is 5.91 Å². The number of rotatable bonds is 5. The molecule has 0 radical (unpaired) electrons. The maximum absolute atomic E-state index is 13.4. The SMILES string of the molecule is COc1cccc(-n2nnc(C(=O)NC3CC3c3cccc(F)c3)c2C)c1. The van der Waals surface area contributed by atoms with Crippen molar-refractivity contribution in [2.24, 2.45) is 0 Å². The zero-order valence-corrected chi connectivity index (χ0v) is 15.0. The predicted octanol–water partition coefficient (Wildman–Crippen LogP) is 3.01. The first-order valence-electron chi connectivity index (χ1n) is 8.70. The van der Waals surface area contributed by atoms with Crippen LogP contribution in [0.3, 0.4) is 0 Å². The molecule has 2 atom stereocenters. The van der Waals surface area contributed by atoms with Crippen LogP contribution in [0.25, 0.3) is 5.69 Å². The lowest BCUT2D eigenvalue weighted by atomic mass is 10.1. The molecule has 4 rings (SSSR count). The third kappa shape index (κ3) is 3.40. The number of nitrogens with zero attached hydrogens (tertiary/aromatic N) is 3. The molecule has 0 bridgehead atoms. The molecule has 1 heterocycles. The molecular weight excluding hydrogens is 347 g/mol. The molecule has 6 nitrogen and oxygen atoms in total. The standard InChI is InChI=1S/C20H19FN4O2/c1-12-19(23-24-25(12)15-7-4-8-16(10-15)27-2)20(26)22-18-11-17(18)13-5-3-6-14(21)9-13/h3-10,17-18H,11H2,1-2H3,(H,22,26). The van der Waals surface area contributed by atoms with Gasteiger partial charge in [0.05, 0.1) is 18.5 Å². The topological polar surface area (TPSA) is 69.0 Å². The van der Waals surface area contributed by atoms with Crippen LogP contribution >= 0.6 is 0 Å². The van der Waals surface area contributed by atoms with Crippen LogP contribution in [0.15, 0.2) is 48.5 Å². The van der Waals surface area contributed by atoms with Crippen molar-refractivity contribution >= 4 is 5.91 Å². The first kappa shape index (κ1) is 17.2. The molecule has 1 saturated carbocycles. The minimum absolute atomic E-state index is 0.0133. The van der Waals surface area contributed by atoms with Crippen LogP contribution in [-0.2, 0) is 0 Å². The average molecular weight is 366 g/mol. The largest absolute Gasteiger partial charge is 0.497 e. The van der Waals surface area contributed by atoms with E-state index in [4.69, 9.17) is 4.74 Å². The minimum atomic E-state index is -0.273. The van der Waals surface area contributed by atoms with E-state index in [9.17, 15) is 9.18 Å². The van der Waals surface area contributed by atoms with Gasteiger partial charge in [0.2, 0.25) is 0 Å². The molecule has 7 heteroatoms. The number of hydrogen-bond donors (Lipinski definition) is 1. The van der Waals surface area contributed by atoms with Crippen molar-refractivity contribution in [3.8, 4) is 11.4 Å². The first-order valence-corrected chi connectivity index (χ1v) is 8.70. The summed E-state index contributed by atoms with van der Waals surface area (Å²) in [6.07, 6.45) is 0.790. The van der Waals surface area contributed by atoms with Crippen molar-refractivity contribution in [3.05, 3.63) is 71.3 Å². The molecule has 0 aliphatic heterocycles. The number of halogens is 1. The number of hydrogen-bond acceptors (Lipinski definition) is 4. The minimum Gasteiger partial charge on any atom is -0.497 e. The average Bonchev–Trinajstić information content (AvgIpc) is 3.33. The van der Waals surface area contributed by atoms with E-state index in [1.165, 1.54) is 12.1 Å². The lowest BCUT2D eigenvalue weighted by Crippen LogP contribution is -2.27. The normalized spacial score (nSPS) is 18.2. The van der Waals surface area contributed by atoms with E-state index in [0.29, 0.717) is 11.4 Å². The van der Waals surface area contributed by atoms with Gasteiger partial charge in [-0.15, -0.1) is 5.10 Å². The number of ether oxygens (including phenoxy) is 1. The van der Waals surface area contributed by atoms with E-state index in [1.807, 2.05) is 30.3 Å². The van der Waals surface area contributed by atoms with Crippen molar-refractivity contribution in [1.29, 1.82) is 0 Å². The zero-order chi connectivity index (χ0) is 19.0. The van der Waals surface area contributed by atoms with Gasteiger partial charge in [0.1, 0.15) is 11.6 Å². The number of nitrogens with one attached hydrogen (secondary N) is 1. The second-order valence-electron chi connectivity index (χ2n) is 6.61. The molecule has 2 aromatic carbocycles. The van der Waals surface area contributed by atoms with E-state index in [1.54, 1.807) is 24.8 Å². The Balaban J connectivity index is 1.48. The molecule has 3 aromatic rings. The lowest BCUT2D eigenvalue weighted by molar-refractivity contribution is 0.0944. The Labute approximate surface area is 156 Å². The molecule has 0 spiro atoms. The summed E-state index contributed by atoms with van der Waals surface area (Å²) in [5, 5.41) is 11.1. The maximum Gasteiger partial charge on any atom is 0.274 e. The number of aromatic nitrogens is 3. The molecule has 0 saturated heterocycles. The van der Waals surface area contributed by atoms with Gasteiger partial charge in [-0.25, -0.2) is 9.07 Å². The van der Waals surface area contributed by atoms with E-state index in [-0.39, 0.29) is 29.4 Å². The second kappa shape index (κ2) is 6.83. The van der Waals surface area contributed by atoms with Crippen molar-refractivity contribution < 1.29 is 13.9 Å². The quantitative estimate of drug-likeness (QED) is 0.754. The Morgan fingerprint density at radius 3 is 2.85 bits per heavy atom. The Hall–Kier alpha value is -3.22. The Morgan fingerprint density at radius 2 is 2.07 bits per heavy atom. The summed E-state index contributed by atoms with van der Waals surface area (Å²) in [5.74, 6) is 0.301. The monoisotopic (exact) mass is 366 g/mol. The highest BCUT2D eigenvalue weighted by molar-refractivity contribution is 5.93. The Bertz CT molecular complexity index is 1000. The summed E-state index contributed by atoms with van der Waals surface area (Å²) >= 11 is 0. The van der Waals surface area contributed by atoms with Crippen LogP contribution in [-0.4, -0.2) is 34.1 Å². The van der Waals surface area contributed by atoms with Crippen molar-refractivity contribution in [2.75, 3.05) is 7.11 Å². The highest BCUT2D eigenvalue weighted by Crippen LogP contribution is 2.41. The second-order valence-corrected chi connectivity index (χ2v) is 6.61. The fraction of sp³-hybridized carbons (Fsp3) is 0.250. The third-order valence-corrected chi connectivity index (χ3v) is 4.79. The van der Waals surface area contributed by atoms with Gasteiger partial charge in [-0.1, -0.05) is 23.4 Å². The summed E-state index contributed by atoms with van der Waals surface area (Å²) < 4.78 is 20.2. The highest BCUT2D eigenvalue weighted by Gasteiger charge is 2.40. The van der Waals surface area contributed by atoms with E-state index < -0.39 is 0 Å². The van der Waals surface area contributed by atoms with E-state index in [2.05, 4.69) is 15.6 Å². The zero-order valence-electron chi connectivity index (χ0n) is 15.0.